The van der Waals surface area contributed by atoms with Crippen molar-refractivity contribution in [3.63, 3.8) is 0 Å². The first-order valence-corrected chi connectivity index (χ1v) is 15.2. The van der Waals surface area contributed by atoms with E-state index in [-0.39, 0.29) is 18.2 Å². The first-order chi connectivity index (χ1) is 19.9. The lowest BCUT2D eigenvalue weighted by atomic mass is 9.92. The van der Waals surface area contributed by atoms with Gasteiger partial charge in [0, 0.05) is 37.5 Å². The molecule has 2 saturated heterocycles. The van der Waals surface area contributed by atoms with E-state index in [1.54, 1.807) is 44.5 Å². The number of carbonyl (C=O) groups excluding carboxylic acids is 1. The van der Waals surface area contributed by atoms with Crippen LogP contribution in [0.1, 0.15) is 57.7 Å². The number of thiazole rings is 1. The zero-order valence-corrected chi connectivity index (χ0v) is 25.5. The second-order valence-electron chi connectivity index (χ2n) is 12.1. The first-order valence-electron chi connectivity index (χ1n) is 14.3. The summed E-state index contributed by atoms with van der Waals surface area (Å²) in [6.45, 7) is 11.9. The Morgan fingerprint density at radius 1 is 1.12 bits per heavy atom. The number of hydrogen-bond acceptors (Lipinski definition) is 9. The van der Waals surface area contributed by atoms with Gasteiger partial charge in [0.25, 0.3) is 0 Å². The minimum atomic E-state index is -0.699. The minimum Gasteiger partial charge on any atom is -0.487 e. The topological polar surface area (TPSA) is 92.7 Å². The lowest BCUT2D eigenvalue weighted by Gasteiger charge is -2.34. The smallest absolute Gasteiger partial charge is 0.407 e. The van der Waals surface area contributed by atoms with Gasteiger partial charge in [-0.2, -0.15) is 0 Å². The Morgan fingerprint density at radius 3 is 2.48 bits per heavy atom. The lowest BCUT2D eigenvalue weighted by Crippen LogP contribution is -2.43. The molecule has 5 rings (SSSR count). The molecular formula is C30H38F2N6O3S. The van der Waals surface area contributed by atoms with Crippen LogP contribution in [0.4, 0.5) is 24.7 Å². The van der Waals surface area contributed by atoms with Crippen molar-refractivity contribution in [2.24, 2.45) is 5.92 Å². The molecule has 1 N–H and O–H groups in total. The largest absolute Gasteiger partial charge is 0.487 e. The van der Waals surface area contributed by atoms with Crippen molar-refractivity contribution in [3.05, 3.63) is 58.9 Å². The van der Waals surface area contributed by atoms with Gasteiger partial charge in [0.2, 0.25) is 5.95 Å². The number of nitrogens with zero attached hydrogens (tertiary/aromatic N) is 5. The molecule has 3 atom stereocenters. The van der Waals surface area contributed by atoms with Gasteiger partial charge in [-0.25, -0.2) is 28.5 Å². The number of ether oxygens (including phenoxy) is 2. The van der Waals surface area contributed by atoms with E-state index in [0.29, 0.717) is 24.2 Å². The van der Waals surface area contributed by atoms with Crippen LogP contribution in [0.15, 0.2) is 36.0 Å². The molecule has 2 fully saturated rings. The molecule has 42 heavy (non-hydrogen) atoms. The summed E-state index contributed by atoms with van der Waals surface area (Å²) in [5.74, 6) is -0.228. The Balaban J connectivity index is 1.22. The summed E-state index contributed by atoms with van der Waals surface area (Å²) in [4.78, 5) is 30.4. The molecule has 2 aliphatic heterocycles. The average Bonchev–Trinajstić information content (AvgIpc) is 3.56. The third-order valence-corrected chi connectivity index (χ3v) is 8.70. The Hall–Kier alpha value is -3.54. The fraction of sp³-hybridized carbons (Fsp3) is 0.533. The van der Waals surface area contributed by atoms with Crippen LogP contribution in [0.3, 0.4) is 0 Å². The normalized spacial score (nSPS) is 20.5. The zero-order valence-electron chi connectivity index (χ0n) is 24.6. The maximum absolute atomic E-state index is 14.8. The van der Waals surface area contributed by atoms with Crippen molar-refractivity contribution >= 4 is 28.5 Å². The van der Waals surface area contributed by atoms with Crippen molar-refractivity contribution in [1.29, 1.82) is 0 Å². The number of aromatic nitrogens is 3. The predicted octanol–water partition coefficient (Wildman–Crippen LogP) is 5.70. The molecule has 0 spiro atoms. The van der Waals surface area contributed by atoms with Crippen LogP contribution >= 0.6 is 11.3 Å². The number of nitrogens with one attached hydrogen (secondary N) is 1. The number of alkyl carbamates (subject to hydrolysis) is 1. The van der Waals surface area contributed by atoms with Gasteiger partial charge in [-0.15, -0.1) is 11.3 Å². The van der Waals surface area contributed by atoms with Crippen molar-refractivity contribution in [2.75, 3.05) is 36.0 Å². The molecule has 3 aromatic rings. The van der Waals surface area contributed by atoms with Gasteiger partial charge in [0.05, 0.1) is 30.2 Å². The molecule has 1 amide bonds. The van der Waals surface area contributed by atoms with Crippen molar-refractivity contribution in [2.45, 2.75) is 71.1 Å². The van der Waals surface area contributed by atoms with E-state index >= 15 is 0 Å². The number of carbonyl (C=O) groups is 1. The molecular weight excluding hydrogens is 562 g/mol. The number of piperidine rings is 1. The van der Waals surface area contributed by atoms with Crippen LogP contribution in [0.5, 0.6) is 5.75 Å². The van der Waals surface area contributed by atoms with Crippen molar-refractivity contribution in [3.8, 4) is 5.75 Å². The van der Waals surface area contributed by atoms with E-state index in [4.69, 9.17) is 9.47 Å². The summed E-state index contributed by atoms with van der Waals surface area (Å²) in [6.07, 6.45) is 4.67. The summed E-state index contributed by atoms with van der Waals surface area (Å²) in [6, 6.07) is 2.81. The Labute approximate surface area is 249 Å². The number of hydrogen-bond donors (Lipinski definition) is 1. The quantitative estimate of drug-likeness (QED) is 0.369. The number of amides is 1. The lowest BCUT2D eigenvalue weighted by molar-refractivity contribution is 0.0504. The van der Waals surface area contributed by atoms with E-state index in [1.165, 1.54) is 6.07 Å². The molecule has 1 aromatic carbocycles. The van der Waals surface area contributed by atoms with Gasteiger partial charge in [-0.1, -0.05) is 0 Å². The average molecular weight is 601 g/mol. The molecule has 0 saturated carbocycles. The van der Waals surface area contributed by atoms with E-state index in [0.717, 1.165) is 48.9 Å². The first kappa shape index (κ1) is 29.9. The number of halogens is 2. The summed E-state index contributed by atoms with van der Waals surface area (Å²) >= 11 is 1.69. The molecule has 0 unspecified atom stereocenters. The van der Waals surface area contributed by atoms with Gasteiger partial charge in [-0.3, -0.25) is 0 Å². The number of benzene rings is 1. The summed E-state index contributed by atoms with van der Waals surface area (Å²) < 4.78 is 40.5. The predicted molar refractivity (Wildman–Crippen MR) is 158 cm³/mol. The Kier molecular flexibility index (Phi) is 8.81. The van der Waals surface area contributed by atoms with Crippen LogP contribution in [0, 0.1) is 24.5 Å². The van der Waals surface area contributed by atoms with Gasteiger partial charge < -0.3 is 24.6 Å². The Morgan fingerprint density at radius 2 is 1.83 bits per heavy atom. The minimum absolute atomic E-state index is 0.00541. The molecule has 9 nitrogen and oxygen atoms in total. The van der Waals surface area contributed by atoms with Gasteiger partial charge in [-0.05, 0) is 77.1 Å². The van der Waals surface area contributed by atoms with Crippen LogP contribution in [0.2, 0.25) is 0 Å². The van der Waals surface area contributed by atoms with Crippen LogP contribution in [0.25, 0.3) is 0 Å². The molecule has 226 valence electrons. The molecule has 0 radical (unpaired) electrons. The highest BCUT2D eigenvalue weighted by atomic mass is 32.1. The number of rotatable bonds is 7. The van der Waals surface area contributed by atoms with Crippen LogP contribution in [-0.2, 0) is 4.74 Å². The van der Waals surface area contributed by atoms with Gasteiger partial charge in [0.1, 0.15) is 17.2 Å². The molecule has 2 aromatic heterocycles. The number of anilines is 2. The van der Waals surface area contributed by atoms with E-state index in [1.807, 2.05) is 11.8 Å². The molecule has 4 heterocycles. The zero-order chi connectivity index (χ0) is 30.0. The molecule has 0 aliphatic carbocycles. The van der Waals surface area contributed by atoms with Gasteiger partial charge in [0.15, 0.2) is 10.9 Å². The van der Waals surface area contributed by atoms with Gasteiger partial charge >= 0.3 is 6.09 Å². The SMILES string of the molecule is Cc1csc(N2CCC([C@H](C)Oc3cnc(N4C[C@H](NC(=O)OC(C)(C)C)[C@@H](c5cc(F)ccc5F)C4)nc3)CC2)n1. The summed E-state index contributed by atoms with van der Waals surface area (Å²) in [7, 11) is 0. The summed E-state index contributed by atoms with van der Waals surface area (Å²) in [5.41, 5.74) is 0.538. The van der Waals surface area contributed by atoms with Crippen molar-refractivity contribution < 1.29 is 23.0 Å². The maximum atomic E-state index is 14.8. The molecule has 12 heteroatoms. The third-order valence-electron chi connectivity index (χ3n) is 7.68. The highest BCUT2D eigenvalue weighted by Gasteiger charge is 2.38. The van der Waals surface area contributed by atoms with Crippen LogP contribution < -0.4 is 19.9 Å². The highest BCUT2D eigenvalue weighted by molar-refractivity contribution is 7.13. The fourth-order valence-corrected chi connectivity index (χ4v) is 6.43. The fourth-order valence-electron chi connectivity index (χ4n) is 5.58. The summed E-state index contributed by atoms with van der Waals surface area (Å²) in [5, 5.41) is 6.00. The molecule has 2 aliphatic rings. The monoisotopic (exact) mass is 600 g/mol. The van der Waals surface area contributed by atoms with Crippen LogP contribution in [-0.4, -0.2) is 65.0 Å². The van der Waals surface area contributed by atoms with E-state index in [9.17, 15) is 13.6 Å². The standard InChI is InChI=1S/C30H38F2N6O3S/c1-18-17-42-28(35-18)37-10-8-20(9-11-37)19(2)40-22-13-33-27(34-14-22)38-15-24(23-12-21(31)6-7-25(23)32)26(16-38)36-29(39)41-30(3,4)5/h6-7,12-14,17,19-20,24,26H,8-11,15-16H2,1-5H3,(H,36,39)/t19-,24+,26-/m0/s1. The Bertz CT molecular complexity index is 1370. The number of aryl methyl sites for hydroxylation is 1. The van der Waals surface area contributed by atoms with Crippen molar-refractivity contribution in [1.82, 2.24) is 20.3 Å². The van der Waals surface area contributed by atoms with E-state index < -0.39 is 35.3 Å². The second kappa shape index (κ2) is 12.4. The second-order valence-corrected chi connectivity index (χ2v) is 12.9. The third kappa shape index (κ3) is 7.26. The molecule has 0 bridgehead atoms. The highest BCUT2D eigenvalue weighted by Crippen LogP contribution is 2.33. The maximum Gasteiger partial charge on any atom is 0.407 e. The van der Waals surface area contributed by atoms with E-state index in [2.05, 4.69) is 37.5 Å².